The lowest BCUT2D eigenvalue weighted by Gasteiger charge is -2.55. The maximum Gasteiger partial charge on any atom is 0.242 e. The lowest BCUT2D eigenvalue weighted by molar-refractivity contribution is -0.138. The van der Waals surface area contributed by atoms with E-state index in [0.717, 1.165) is 20.9 Å². The number of nitrogens with zero attached hydrogens (tertiary/aromatic N) is 3. The molecule has 5 rings (SSSR count). The molecule has 0 saturated heterocycles. The van der Waals surface area contributed by atoms with Crippen LogP contribution in [0.4, 0.5) is 0 Å². The van der Waals surface area contributed by atoms with Gasteiger partial charge in [-0.3, -0.25) is 9.69 Å². The van der Waals surface area contributed by atoms with Gasteiger partial charge in [0.1, 0.15) is 11.0 Å². The number of hydrogen-bond donors (Lipinski definition) is 1. The van der Waals surface area contributed by atoms with Gasteiger partial charge >= 0.3 is 0 Å². The number of fused-ring (bicyclic) bond motifs is 2. The lowest BCUT2D eigenvalue weighted by atomic mass is 9.53. The van der Waals surface area contributed by atoms with Crippen LogP contribution in [0.2, 0.25) is 0 Å². The number of carbonyl (C=O) groups is 1. The minimum Gasteiger partial charge on any atom is -0.369 e. The Hall–Kier alpha value is -3.43. The molecule has 6 heteroatoms. The fourth-order valence-electron chi connectivity index (χ4n) is 4.75. The maximum absolute atomic E-state index is 13.6. The van der Waals surface area contributed by atoms with Gasteiger partial charge in [-0.15, -0.1) is 11.3 Å². The molecule has 5 nitrogen and oxygen atoms in total. The van der Waals surface area contributed by atoms with Gasteiger partial charge in [0.05, 0.1) is 11.6 Å². The summed E-state index contributed by atoms with van der Waals surface area (Å²) in [7, 11) is 1.69. The Balaban J connectivity index is 1.68. The van der Waals surface area contributed by atoms with E-state index in [-0.39, 0.29) is 11.9 Å². The molecule has 0 bridgehead atoms. The number of rotatable bonds is 2. The largest absolute Gasteiger partial charge is 0.369 e. The third kappa shape index (κ3) is 2.27. The summed E-state index contributed by atoms with van der Waals surface area (Å²) in [6, 6.07) is 21.9. The van der Waals surface area contributed by atoms with Crippen molar-refractivity contribution in [1.29, 1.82) is 5.26 Å². The van der Waals surface area contributed by atoms with Crippen molar-refractivity contribution in [2.75, 3.05) is 7.05 Å². The number of amides is 1. The number of hydrogen-bond acceptors (Lipinski definition) is 5. The number of nitrogens with two attached hydrogens (primary N) is 1. The predicted octanol–water partition coefficient (Wildman–Crippen LogP) is 3.78. The Morgan fingerprint density at radius 2 is 1.97 bits per heavy atom. The van der Waals surface area contributed by atoms with Crippen molar-refractivity contribution in [2.24, 2.45) is 10.7 Å². The van der Waals surface area contributed by atoms with Crippen LogP contribution >= 0.6 is 11.3 Å². The summed E-state index contributed by atoms with van der Waals surface area (Å²) in [6.45, 7) is 2.02. The number of benzene rings is 2. The molecule has 1 amide bonds. The fraction of sp³-hybridized carbons (Fsp3) is 0.208. The molecule has 30 heavy (non-hydrogen) atoms. The SMILES string of the molecule is CN1C(=O)C2(Cc3ccccc32)[C@@](C)(c2ccc(-c3cccc(C#N)c3)s2)N=C1N. The third-order valence-corrected chi connectivity index (χ3v) is 7.82. The molecule has 0 radical (unpaired) electrons. The van der Waals surface area contributed by atoms with E-state index in [4.69, 9.17) is 10.7 Å². The van der Waals surface area contributed by atoms with Crippen LogP contribution in [-0.2, 0) is 22.2 Å². The molecule has 2 aliphatic rings. The van der Waals surface area contributed by atoms with Gasteiger partial charge in [0.25, 0.3) is 0 Å². The first-order valence-corrected chi connectivity index (χ1v) is 10.5. The number of carbonyl (C=O) groups excluding carboxylic acids is 1. The van der Waals surface area contributed by atoms with Crippen molar-refractivity contribution in [3.63, 3.8) is 0 Å². The first-order valence-electron chi connectivity index (χ1n) is 9.73. The Morgan fingerprint density at radius 1 is 1.17 bits per heavy atom. The lowest BCUT2D eigenvalue weighted by Crippen LogP contribution is -2.67. The molecule has 1 aliphatic heterocycles. The van der Waals surface area contributed by atoms with Gasteiger partial charge < -0.3 is 5.73 Å². The molecular weight excluding hydrogens is 392 g/mol. The summed E-state index contributed by atoms with van der Waals surface area (Å²) >= 11 is 1.60. The van der Waals surface area contributed by atoms with E-state index < -0.39 is 11.0 Å². The zero-order chi connectivity index (χ0) is 21.1. The highest BCUT2D eigenvalue weighted by Gasteiger charge is 2.65. The number of likely N-dealkylation sites (N-methyl/N-ethyl adjacent to an activating group) is 1. The molecular formula is C24H20N4OS. The molecule has 0 saturated carbocycles. The summed E-state index contributed by atoms with van der Waals surface area (Å²) in [6.07, 6.45) is 0.636. The molecule has 3 aromatic rings. The normalized spacial score (nSPS) is 24.8. The maximum atomic E-state index is 13.6. The van der Waals surface area contributed by atoms with Crippen LogP contribution in [0.1, 0.15) is 28.5 Å². The van der Waals surface area contributed by atoms with Gasteiger partial charge in [-0.2, -0.15) is 5.26 Å². The number of aliphatic imine (C=N–C) groups is 1. The molecule has 2 N–H and O–H groups in total. The van der Waals surface area contributed by atoms with Crippen molar-refractivity contribution in [1.82, 2.24) is 4.90 Å². The van der Waals surface area contributed by atoms with Crippen molar-refractivity contribution in [3.05, 3.63) is 82.2 Å². The van der Waals surface area contributed by atoms with E-state index in [1.54, 1.807) is 24.5 Å². The van der Waals surface area contributed by atoms with Crippen LogP contribution in [0.3, 0.4) is 0 Å². The standard InChI is InChI=1S/C24H20N4OS/c1-23(20-11-10-19(30-20)16-8-5-6-15(12-16)14-25)24(21(29)28(2)22(26)27-23)13-17-7-3-4-9-18(17)24/h3-12H,13H2,1-2H3,(H2,26,27)/t23-,24?/m1/s1. The van der Waals surface area contributed by atoms with E-state index in [2.05, 4.69) is 12.1 Å². The van der Waals surface area contributed by atoms with Crippen molar-refractivity contribution in [3.8, 4) is 16.5 Å². The van der Waals surface area contributed by atoms with Gasteiger partial charge in [-0.05, 0) is 54.3 Å². The monoisotopic (exact) mass is 412 g/mol. The Bertz CT molecular complexity index is 1270. The fourth-order valence-corrected chi connectivity index (χ4v) is 5.92. The second kappa shape index (κ2) is 6.28. The molecule has 2 heterocycles. The van der Waals surface area contributed by atoms with Crippen LogP contribution in [0, 0.1) is 11.3 Å². The highest BCUT2D eigenvalue weighted by molar-refractivity contribution is 7.15. The van der Waals surface area contributed by atoms with Gasteiger partial charge in [0.15, 0.2) is 5.96 Å². The molecule has 1 unspecified atom stereocenters. The highest BCUT2D eigenvalue weighted by Crippen LogP contribution is 2.58. The summed E-state index contributed by atoms with van der Waals surface area (Å²) in [5, 5.41) is 9.22. The summed E-state index contributed by atoms with van der Waals surface area (Å²) in [4.78, 5) is 22.0. The molecule has 148 valence electrons. The third-order valence-electron chi connectivity index (χ3n) is 6.48. The number of thiophene rings is 1. The number of nitriles is 1. The first-order chi connectivity index (χ1) is 14.4. The predicted molar refractivity (Wildman–Crippen MR) is 118 cm³/mol. The smallest absolute Gasteiger partial charge is 0.242 e. The molecule has 0 fully saturated rings. The minimum atomic E-state index is -0.801. The second-order valence-electron chi connectivity index (χ2n) is 8.00. The zero-order valence-electron chi connectivity index (χ0n) is 16.7. The van der Waals surface area contributed by atoms with E-state index in [9.17, 15) is 10.1 Å². The molecule has 1 aliphatic carbocycles. The first kappa shape index (κ1) is 18.6. The van der Waals surface area contributed by atoms with Crippen molar-refractivity contribution in [2.45, 2.75) is 24.3 Å². The zero-order valence-corrected chi connectivity index (χ0v) is 17.5. The topological polar surface area (TPSA) is 82.5 Å². The quantitative estimate of drug-likeness (QED) is 0.695. The Kier molecular flexibility index (Phi) is 3.89. The van der Waals surface area contributed by atoms with E-state index in [1.165, 1.54) is 10.5 Å². The Morgan fingerprint density at radius 3 is 2.73 bits per heavy atom. The van der Waals surface area contributed by atoms with Gasteiger partial charge in [-0.1, -0.05) is 36.4 Å². The van der Waals surface area contributed by atoms with E-state index >= 15 is 0 Å². The minimum absolute atomic E-state index is 0.0161. The van der Waals surface area contributed by atoms with Gasteiger partial charge in [0, 0.05) is 16.8 Å². The second-order valence-corrected chi connectivity index (χ2v) is 9.09. The average molecular weight is 413 g/mol. The molecule has 2 atom stereocenters. The van der Waals surface area contributed by atoms with E-state index in [1.807, 2.05) is 55.5 Å². The van der Waals surface area contributed by atoms with E-state index in [0.29, 0.717) is 12.0 Å². The van der Waals surface area contributed by atoms with Crippen LogP contribution in [0.5, 0.6) is 0 Å². The van der Waals surface area contributed by atoms with Gasteiger partial charge in [0.2, 0.25) is 5.91 Å². The Labute approximate surface area is 179 Å². The summed E-state index contributed by atoms with van der Waals surface area (Å²) in [5.41, 5.74) is 8.42. The summed E-state index contributed by atoms with van der Waals surface area (Å²) < 4.78 is 0. The summed E-state index contributed by atoms with van der Waals surface area (Å²) in [5.74, 6) is 0.219. The van der Waals surface area contributed by atoms with Crippen LogP contribution < -0.4 is 5.73 Å². The van der Waals surface area contributed by atoms with Crippen LogP contribution in [-0.4, -0.2) is 23.8 Å². The van der Waals surface area contributed by atoms with Crippen molar-refractivity contribution >= 4 is 23.2 Å². The van der Waals surface area contributed by atoms with Crippen molar-refractivity contribution < 1.29 is 4.79 Å². The molecule has 1 spiro atoms. The number of guanidine groups is 1. The molecule has 1 aromatic heterocycles. The van der Waals surface area contributed by atoms with Gasteiger partial charge in [-0.25, -0.2) is 4.99 Å². The van der Waals surface area contributed by atoms with Crippen LogP contribution in [0.15, 0.2) is 65.7 Å². The highest BCUT2D eigenvalue weighted by atomic mass is 32.1. The average Bonchev–Trinajstić information content (AvgIpc) is 3.24. The molecule has 2 aromatic carbocycles. The van der Waals surface area contributed by atoms with Crippen LogP contribution in [0.25, 0.3) is 10.4 Å².